The molecule has 4 heterocycles. The third-order valence-electron chi connectivity index (χ3n) is 6.96. The molecule has 12 heteroatoms. The van der Waals surface area contributed by atoms with Gasteiger partial charge in [0.2, 0.25) is 15.9 Å². The van der Waals surface area contributed by atoms with Crippen LogP contribution in [0.2, 0.25) is 0 Å². The average molecular weight is 549 g/mol. The van der Waals surface area contributed by atoms with Crippen LogP contribution in [0.3, 0.4) is 0 Å². The lowest BCUT2D eigenvalue weighted by atomic mass is 10.00. The molecule has 1 aliphatic rings. The van der Waals surface area contributed by atoms with E-state index in [1.807, 2.05) is 27.5 Å². The molecule has 11 nitrogen and oxygen atoms in total. The van der Waals surface area contributed by atoms with E-state index in [-0.39, 0.29) is 17.3 Å². The number of aromatic nitrogens is 6. The van der Waals surface area contributed by atoms with Crippen LogP contribution in [0.1, 0.15) is 25.1 Å². The maximum atomic E-state index is 13.5. The van der Waals surface area contributed by atoms with Crippen LogP contribution in [0.5, 0.6) is 0 Å². The highest BCUT2D eigenvalue weighted by Gasteiger charge is 2.28. The van der Waals surface area contributed by atoms with Gasteiger partial charge in [0.25, 0.3) is 0 Å². The summed E-state index contributed by atoms with van der Waals surface area (Å²) in [4.78, 5) is 21.9. The molecule has 0 fully saturated rings. The Morgan fingerprint density at radius 2 is 1.82 bits per heavy atom. The summed E-state index contributed by atoms with van der Waals surface area (Å²) in [6.45, 7) is 2.18. The summed E-state index contributed by atoms with van der Waals surface area (Å²) in [5, 5.41) is 11.9. The second kappa shape index (κ2) is 12.3. The van der Waals surface area contributed by atoms with Gasteiger partial charge in [-0.1, -0.05) is 18.2 Å². The molecule has 0 aliphatic carbocycles. The first-order valence-electron chi connectivity index (χ1n) is 13.1. The van der Waals surface area contributed by atoms with Crippen LogP contribution < -0.4 is 5.32 Å². The topological polar surface area (TPSA) is 128 Å². The molecule has 0 saturated carbocycles. The number of pyridine rings is 1. The Labute approximate surface area is 228 Å². The lowest BCUT2D eigenvalue weighted by Gasteiger charge is -2.24. The van der Waals surface area contributed by atoms with Gasteiger partial charge in [0.05, 0.1) is 11.2 Å². The number of carbonyl (C=O) groups excluding carboxylic acids is 1. The van der Waals surface area contributed by atoms with Gasteiger partial charge in [0.1, 0.15) is 5.82 Å². The van der Waals surface area contributed by atoms with Gasteiger partial charge in [-0.25, -0.2) is 13.4 Å². The van der Waals surface area contributed by atoms with E-state index < -0.39 is 15.9 Å². The third-order valence-corrected chi connectivity index (χ3v) is 8.88. The maximum Gasteiger partial charge on any atom is 0.243 e. The number of rotatable bonds is 7. The zero-order valence-electron chi connectivity index (χ0n) is 21.6. The van der Waals surface area contributed by atoms with Crippen molar-refractivity contribution in [2.45, 2.75) is 43.7 Å². The standard InChI is InChI=1S/C27H32N8O3S/c36-27(30-14-19-33-18-13-29-21-33)22-10-16-34(39(37,38)24-7-2-1-3-8-24)15-5-9-25-31-32-26(35(25)17-11-22)23-6-4-12-28-20-23/h1-4,6-8,12-13,18,20-22H,5,9-11,14-17,19H2,(H,30,36). The van der Waals surface area contributed by atoms with Crippen molar-refractivity contribution in [2.75, 3.05) is 19.6 Å². The number of hydrogen-bond acceptors (Lipinski definition) is 7. The molecule has 1 amide bonds. The Hall–Kier alpha value is -3.90. The molecular weight excluding hydrogens is 516 g/mol. The van der Waals surface area contributed by atoms with Crippen LogP contribution in [-0.4, -0.2) is 67.6 Å². The fourth-order valence-corrected chi connectivity index (χ4v) is 6.35. The molecule has 39 heavy (non-hydrogen) atoms. The summed E-state index contributed by atoms with van der Waals surface area (Å²) in [7, 11) is -3.71. The lowest BCUT2D eigenvalue weighted by Crippen LogP contribution is -2.38. The van der Waals surface area contributed by atoms with Gasteiger partial charge in [-0.3, -0.25) is 9.78 Å². The average Bonchev–Trinajstić information content (AvgIpc) is 3.62. The second-order valence-electron chi connectivity index (χ2n) is 9.52. The van der Waals surface area contributed by atoms with Crippen molar-refractivity contribution in [1.29, 1.82) is 0 Å². The van der Waals surface area contributed by atoms with Crippen LogP contribution in [0, 0.1) is 5.92 Å². The number of fused-ring (bicyclic) bond motifs is 1. The van der Waals surface area contributed by atoms with Gasteiger partial charge in [0.15, 0.2) is 5.82 Å². The predicted octanol–water partition coefficient (Wildman–Crippen LogP) is 2.39. The highest BCUT2D eigenvalue weighted by Crippen LogP contribution is 2.24. The van der Waals surface area contributed by atoms with Crippen molar-refractivity contribution < 1.29 is 13.2 Å². The van der Waals surface area contributed by atoms with Gasteiger partial charge in [0, 0.05) is 75.4 Å². The molecular formula is C27H32N8O3S. The van der Waals surface area contributed by atoms with Crippen molar-refractivity contribution in [2.24, 2.45) is 5.92 Å². The van der Waals surface area contributed by atoms with Crippen molar-refractivity contribution in [3.8, 4) is 11.4 Å². The molecule has 0 spiro atoms. The molecule has 1 aliphatic heterocycles. The van der Waals surface area contributed by atoms with Crippen molar-refractivity contribution in [3.05, 3.63) is 79.4 Å². The number of nitrogens with one attached hydrogen (secondary N) is 1. The number of hydrogen-bond donors (Lipinski definition) is 1. The van der Waals surface area contributed by atoms with E-state index in [1.54, 1.807) is 55.2 Å². The Bertz CT molecular complexity index is 1460. The van der Waals surface area contributed by atoms with E-state index in [0.717, 1.165) is 11.4 Å². The van der Waals surface area contributed by atoms with Gasteiger partial charge in [-0.05, 0) is 43.5 Å². The number of benzene rings is 1. The van der Waals surface area contributed by atoms with E-state index in [9.17, 15) is 13.2 Å². The molecule has 3 aromatic heterocycles. The number of sulfonamides is 1. The Kier molecular flexibility index (Phi) is 8.42. The number of nitrogens with zero attached hydrogens (tertiary/aromatic N) is 7. The summed E-state index contributed by atoms with van der Waals surface area (Å²) < 4.78 is 32.5. The molecule has 5 rings (SSSR count). The smallest absolute Gasteiger partial charge is 0.243 e. The number of imidazole rings is 1. The first kappa shape index (κ1) is 26.7. The Balaban J connectivity index is 1.40. The van der Waals surface area contributed by atoms with E-state index >= 15 is 0 Å². The van der Waals surface area contributed by atoms with E-state index in [4.69, 9.17) is 0 Å². The molecule has 0 radical (unpaired) electrons. The summed E-state index contributed by atoms with van der Waals surface area (Å²) in [6.07, 6.45) is 10.8. The zero-order valence-corrected chi connectivity index (χ0v) is 22.4. The predicted molar refractivity (Wildman–Crippen MR) is 145 cm³/mol. The number of carbonyl (C=O) groups is 1. The van der Waals surface area contributed by atoms with Crippen LogP contribution in [0.25, 0.3) is 11.4 Å². The third kappa shape index (κ3) is 6.40. The summed E-state index contributed by atoms with van der Waals surface area (Å²) >= 11 is 0. The van der Waals surface area contributed by atoms with Crippen molar-refractivity contribution >= 4 is 15.9 Å². The number of amides is 1. The van der Waals surface area contributed by atoms with Gasteiger partial charge in [-0.15, -0.1) is 10.2 Å². The van der Waals surface area contributed by atoms with Crippen LogP contribution in [-0.2, 0) is 34.3 Å². The Morgan fingerprint density at radius 3 is 2.59 bits per heavy atom. The monoisotopic (exact) mass is 548 g/mol. The number of aryl methyl sites for hydroxylation is 1. The fraction of sp³-hybridized carbons (Fsp3) is 0.370. The largest absolute Gasteiger partial charge is 0.354 e. The molecule has 0 bridgehead atoms. The SMILES string of the molecule is O=C(NCCn1ccnc1)C1CCN(S(=O)(=O)c2ccccc2)CCCc2nnc(-c3cccnc3)n2CC1. The molecule has 1 atom stereocenters. The van der Waals surface area contributed by atoms with Crippen LogP contribution >= 0.6 is 0 Å². The first-order chi connectivity index (χ1) is 19.0. The van der Waals surface area contributed by atoms with Gasteiger partial charge in [-0.2, -0.15) is 4.31 Å². The van der Waals surface area contributed by atoms with Crippen LogP contribution in [0.15, 0.2) is 78.5 Å². The summed E-state index contributed by atoms with van der Waals surface area (Å²) in [5.41, 5.74) is 0.848. The molecule has 0 saturated heterocycles. The summed E-state index contributed by atoms with van der Waals surface area (Å²) in [6, 6.07) is 12.2. The quantitative estimate of drug-likeness (QED) is 0.376. The van der Waals surface area contributed by atoms with Crippen molar-refractivity contribution in [1.82, 2.24) is 38.9 Å². The summed E-state index contributed by atoms with van der Waals surface area (Å²) in [5.74, 6) is 0.984. The van der Waals surface area contributed by atoms with E-state index in [1.165, 1.54) is 4.31 Å². The minimum absolute atomic E-state index is 0.0935. The first-order valence-corrected chi connectivity index (χ1v) is 14.6. The highest BCUT2D eigenvalue weighted by atomic mass is 32.2. The van der Waals surface area contributed by atoms with E-state index in [0.29, 0.717) is 57.7 Å². The lowest BCUT2D eigenvalue weighted by molar-refractivity contribution is -0.125. The van der Waals surface area contributed by atoms with Gasteiger partial charge >= 0.3 is 0 Å². The van der Waals surface area contributed by atoms with Crippen LogP contribution in [0.4, 0.5) is 0 Å². The molecule has 1 unspecified atom stereocenters. The second-order valence-corrected chi connectivity index (χ2v) is 11.5. The highest BCUT2D eigenvalue weighted by molar-refractivity contribution is 7.89. The van der Waals surface area contributed by atoms with Gasteiger partial charge < -0.3 is 14.5 Å². The maximum absolute atomic E-state index is 13.5. The molecule has 4 aromatic rings. The fourth-order valence-electron chi connectivity index (χ4n) is 4.83. The van der Waals surface area contributed by atoms with Crippen molar-refractivity contribution in [3.63, 3.8) is 0 Å². The molecule has 1 aromatic carbocycles. The molecule has 1 N–H and O–H groups in total. The zero-order chi connectivity index (χ0) is 27.1. The normalized spacial score (nSPS) is 17.2. The Morgan fingerprint density at radius 1 is 0.974 bits per heavy atom. The molecule has 204 valence electrons. The minimum Gasteiger partial charge on any atom is -0.354 e. The minimum atomic E-state index is -3.71. The van der Waals surface area contributed by atoms with E-state index in [2.05, 4.69) is 25.5 Å².